The Morgan fingerprint density at radius 2 is 1.87 bits per heavy atom. The van der Waals surface area contributed by atoms with Crippen LogP contribution >= 0.6 is 0 Å². The second-order valence-electron chi connectivity index (χ2n) is 7.92. The Hall–Kier alpha value is -3.36. The number of aryl methyl sites for hydroxylation is 1. The fourth-order valence-electron chi connectivity index (χ4n) is 4.46. The van der Waals surface area contributed by atoms with Gasteiger partial charge in [-0.1, -0.05) is 6.07 Å². The lowest BCUT2D eigenvalue weighted by Crippen LogP contribution is -2.36. The van der Waals surface area contributed by atoms with Crippen LogP contribution in [0, 0.1) is 11.8 Å². The van der Waals surface area contributed by atoms with E-state index in [-0.39, 0.29) is 12.5 Å². The molecule has 0 radical (unpaired) electrons. The molecule has 9 heteroatoms. The van der Waals surface area contributed by atoms with Gasteiger partial charge in [-0.25, -0.2) is 15.0 Å². The van der Waals surface area contributed by atoms with E-state index in [4.69, 9.17) is 9.47 Å². The van der Waals surface area contributed by atoms with Crippen molar-refractivity contribution in [1.82, 2.24) is 24.4 Å². The van der Waals surface area contributed by atoms with Crippen molar-refractivity contribution in [3.63, 3.8) is 0 Å². The first kappa shape index (κ1) is 18.7. The summed E-state index contributed by atoms with van der Waals surface area (Å²) in [5.74, 6) is 3.11. The van der Waals surface area contributed by atoms with Crippen molar-refractivity contribution in [2.24, 2.45) is 18.9 Å². The first-order valence-electron chi connectivity index (χ1n) is 10.0. The molecule has 3 aromatic rings. The average molecular weight is 408 g/mol. The van der Waals surface area contributed by atoms with E-state index in [0.717, 1.165) is 43.2 Å². The van der Waals surface area contributed by atoms with Crippen LogP contribution in [0.25, 0.3) is 11.2 Å². The van der Waals surface area contributed by atoms with E-state index in [0.29, 0.717) is 23.3 Å². The minimum atomic E-state index is 0.0212. The Bertz CT molecular complexity index is 1070. The van der Waals surface area contributed by atoms with Gasteiger partial charge in [0.25, 0.3) is 5.91 Å². The molecule has 0 aliphatic carbocycles. The molecule has 30 heavy (non-hydrogen) atoms. The van der Waals surface area contributed by atoms with Gasteiger partial charge in [0.2, 0.25) is 0 Å². The highest BCUT2D eigenvalue weighted by molar-refractivity contribution is 5.83. The fourth-order valence-corrected chi connectivity index (χ4v) is 4.46. The maximum Gasteiger partial charge on any atom is 0.260 e. The zero-order chi connectivity index (χ0) is 20.7. The van der Waals surface area contributed by atoms with E-state index < -0.39 is 0 Å². The SMILES string of the molecule is COc1cccc(OCC(=O)N2CC3CN(c4ncnc5c4ncn5C)CC3C2)c1. The van der Waals surface area contributed by atoms with Gasteiger partial charge in [-0.2, -0.15) is 0 Å². The van der Waals surface area contributed by atoms with Crippen molar-refractivity contribution in [1.29, 1.82) is 0 Å². The zero-order valence-corrected chi connectivity index (χ0v) is 17.1. The molecule has 0 bridgehead atoms. The topological polar surface area (TPSA) is 85.6 Å². The predicted octanol–water partition coefficient (Wildman–Crippen LogP) is 1.35. The largest absolute Gasteiger partial charge is 0.497 e. The summed E-state index contributed by atoms with van der Waals surface area (Å²) in [4.78, 5) is 30.1. The molecule has 0 N–H and O–H groups in total. The second-order valence-corrected chi connectivity index (χ2v) is 7.92. The van der Waals surface area contributed by atoms with Gasteiger partial charge in [-0.15, -0.1) is 0 Å². The highest BCUT2D eigenvalue weighted by atomic mass is 16.5. The second kappa shape index (κ2) is 7.47. The molecule has 5 rings (SSSR count). The first-order valence-corrected chi connectivity index (χ1v) is 10.0. The van der Waals surface area contributed by atoms with E-state index in [1.54, 1.807) is 25.8 Å². The maximum absolute atomic E-state index is 12.7. The number of hydrogen-bond donors (Lipinski definition) is 0. The van der Waals surface area contributed by atoms with Gasteiger partial charge >= 0.3 is 0 Å². The number of benzene rings is 1. The molecule has 1 amide bonds. The molecule has 2 aliphatic rings. The highest BCUT2D eigenvalue weighted by Gasteiger charge is 2.42. The number of ether oxygens (including phenoxy) is 2. The van der Waals surface area contributed by atoms with Crippen molar-refractivity contribution in [2.75, 3.05) is 44.8 Å². The summed E-state index contributed by atoms with van der Waals surface area (Å²) in [6.45, 7) is 3.27. The molecular weight excluding hydrogens is 384 g/mol. The van der Waals surface area contributed by atoms with Crippen LogP contribution in [0.2, 0.25) is 0 Å². The number of nitrogens with zero attached hydrogens (tertiary/aromatic N) is 6. The Morgan fingerprint density at radius 1 is 1.10 bits per heavy atom. The van der Waals surface area contributed by atoms with Crippen molar-refractivity contribution in [3.8, 4) is 11.5 Å². The number of fused-ring (bicyclic) bond motifs is 2. The molecule has 2 unspecified atom stereocenters. The van der Waals surface area contributed by atoms with Crippen molar-refractivity contribution < 1.29 is 14.3 Å². The van der Waals surface area contributed by atoms with Crippen molar-refractivity contribution >= 4 is 22.9 Å². The number of hydrogen-bond acceptors (Lipinski definition) is 7. The third-order valence-electron chi connectivity index (χ3n) is 6.02. The van der Waals surface area contributed by atoms with Crippen molar-refractivity contribution in [3.05, 3.63) is 36.9 Å². The summed E-state index contributed by atoms with van der Waals surface area (Å²) < 4.78 is 12.8. The lowest BCUT2D eigenvalue weighted by atomic mass is 10.0. The summed E-state index contributed by atoms with van der Waals surface area (Å²) in [5, 5.41) is 0. The van der Waals surface area contributed by atoms with Crippen LogP contribution in [-0.2, 0) is 11.8 Å². The molecular formula is C21H24N6O3. The normalized spacial score (nSPS) is 20.6. The van der Waals surface area contributed by atoms with E-state index in [1.165, 1.54) is 0 Å². The van der Waals surface area contributed by atoms with E-state index in [1.807, 2.05) is 34.7 Å². The van der Waals surface area contributed by atoms with Crippen LogP contribution in [0.3, 0.4) is 0 Å². The van der Waals surface area contributed by atoms with Gasteiger partial charge in [0.05, 0.1) is 13.4 Å². The predicted molar refractivity (Wildman–Crippen MR) is 111 cm³/mol. The highest BCUT2D eigenvalue weighted by Crippen LogP contribution is 2.35. The summed E-state index contributed by atoms with van der Waals surface area (Å²) >= 11 is 0. The number of imidazole rings is 1. The number of amides is 1. The van der Waals surface area contributed by atoms with Crippen LogP contribution in [0.1, 0.15) is 0 Å². The molecule has 1 aromatic carbocycles. The first-order chi connectivity index (χ1) is 14.6. The molecule has 9 nitrogen and oxygen atoms in total. The number of likely N-dealkylation sites (tertiary alicyclic amines) is 1. The zero-order valence-electron chi connectivity index (χ0n) is 17.1. The molecule has 156 valence electrons. The number of carbonyl (C=O) groups is 1. The molecule has 2 saturated heterocycles. The Kier molecular flexibility index (Phi) is 4.65. The summed E-state index contributed by atoms with van der Waals surface area (Å²) in [7, 11) is 3.54. The van der Waals surface area contributed by atoms with Gasteiger partial charge < -0.3 is 23.8 Å². The quantitative estimate of drug-likeness (QED) is 0.630. The van der Waals surface area contributed by atoms with Crippen LogP contribution < -0.4 is 14.4 Å². The number of anilines is 1. The molecule has 2 aromatic heterocycles. The van der Waals surface area contributed by atoms with Crippen LogP contribution in [-0.4, -0.2) is 70.2 Å². The molecule has 2 fully saturated rings. The van der Waals surface area contributed by atoms with E-state index in [9.17, 15) is 4.79 Å². The lowest BCUT2D eigenvalue weighted by molar-refractivity contribution is -0.132. The van der Waals surface area contributed by atoms with Crippen LogP contribution in [0.15, 0.2) is 36.9 Å². The van der Waals surface area contributed by atoms with Crippen LogP contribution in [0.5, 0.6) is 11.5 Å². The van der Waals surface area contributed by atoms with Gasteiger partial charge in [0.15, 0.2) is 23.6 Å². The molecule has 0 saturated carbocycles. The Morgan fingerprint density at radius 3 is 2.63 bits per heavy atom. The van der Waals surface area contributed by atoms with Crippen molar-refractivity contribution in [2.45, 2.75) is 0 Å². The van der Waals surface area contributed by atoms with Gasteiger partial charge in [0, 0.05) is 51.1 Å². The van der Waals surface area contributed by atoms with Crippen LogP contribution in [0.4, 0.5) is 5.82 Å². The standard InChI is InChI=1S/C21H24N6O3/c1-25-13-24-19-20(25)22-12-23-21(19)27-9-14-7-26(8-15(14)10-27)18(28)11-30-17-5-3-4-16(6-17)29-2/h3-6,12-15H,7-11H2,1-2H3. The fraction of sp³-hybridized carbons (Fsp3) is 0.429. The summed E-state index contributed by atoms with van der Waals surface area (Å²) in [6, 6.07) is 7.30. The monoisotopic (exact) mass is 408 g/mol. The number of aromatic nitrogens is 4. The lowest BCUT2D eigenvalue weighted by Gasteiger charge is -2.22. The smallest absolute Gasteiger partial charge is 0.260 e. The Balaban J connectivity index is 1.20. The Labute approximate surface area is 174 Å². The summed E-state index contributed by atoms with van der Waals surface area (Å²) in [5.41, 5.74) is 1.67. The minimum absolute atomic E-state index is 0.0212. The van der Waals surface area contributed by atoms with E-state index in [2.05, 4.69) is 19.9 Å². The number of carbonyl (C=O) groups excluding carboxylic acids is 1. The maximum atomic E-state index is 12.7. The molecule has 4 heterocycles. The van der Waals surface area contributed by atoms with Gasteiger partial charge in [0.1, 0.15) is 17.8 Å². The third-order valence-corrected chi connectivity index (χ3v) is 6.02. The number of rotatable bonds is 5. The molecule has 2 aliphatic heterocycles. The van der Waals surface area contributed by atoms with Gasteiger partial charge in [-0.05, 0) is 12.1 Å². The molecule has 0 spiro atoms. The average Bonchev–Trinajstić information content (AvgIpc) is 3.45. The molecule has 2 atom stereocenters. The minimum Gasteiger partial charge on any atom is -0.497 e. The van der Waals surface area contributed by atoms with Gasteiger partial charge in [-0.3, -0.25) is 4.79 Å². The number of methoxy groups -OCH3 is 1. The summed E-state index contributed by atoms with van der Waals surface area (Å²) in [6.07, 6.45) is 3.36. The third kappa shape index (κ3) is 3.30. The van der Waals surface area contributed by atoms with E-state index >= 15 is 0 Å².